The van der Waals surface area contributed by atoms with Gasteiger partial charge in [0, 0.05) is 19.2 Å². The number of methoxy groups -OCH3 is 1. The van der Waals surface area contributed by atoms with Gasteiger partial charge in [-0.3, -0.25) is 4.79 Å². The van der Waals surface area contributed by atoms with Crippen molar-refractivity contribution in [1.29, 1.82) is 0 Å². The van der Waals surface area contributed by atoms with E-state index >= 15 is 0 Å². The monoisotopic (exact) mass is 272 g/mol. The molecule has 0 aliphatic heterocycles. The van der Waals surface area contributed by atoms with E-state index in [2.05, 4.69) is 10.6 Å². The highest BCUT2D eigenvalue weighted by Crippen LogP contribution is 2.27. The molecule has 0 spiro atoms. The van der Waals surface area contributed by atoms with Crippen LogP contribution in [0.1, 0.15) is 6.92 Å². The molecule has 18 heavy (non-hydrogen) atoms. The fourth-order valence-electron chi connectivity index (χ4n) is 1.40. The van der Waals surface area contributed by atoms with E-state index in [0.29, 0.717) is 18.0 Å². The molecule has 0 heterocycles. The summed E-state index contributed by atoms with van der Waals surface area (Å²) in [6, 6.07) is 5.27. The SMILES string of the molecule is COc1ccc(NCC(O)CCl)cc1NC(C)=O. The zero-order chi connectivity index (χ0) is 13.5. The third-order valence-electron chi connectivity index (χ3n) is 2.23. The molecule has 3 N–H and O–H groups in total. The van der Waals surface area contributed by atoms with E-state index in [0.717, 1.165) is 5.69 Å². The maximum atomic E-state index is 11.1. The molecule has 0 aromatic heterocycles. The molecule has 0 fully saturated rings. The van der Waals surface area contributed by atoms with Crippen molar-refractivity contribution in [3.8, 4) is 5.75 Å². The van der Waals surface area contributed by atoms with Crippen LogP contribution in [0, 0.1) is 0 Å². The number of hydrogen-bond donors (Lipinski definition) is 3. The Kier molecular flexibility index (Phi) is 5.74. The lowest BCUT2D eigenvalue weighted by Crippen LogP contribution is -2.20. The van der Waals surface area contributed by atoms with Crippen LogP contribution in [0.15, 0.2) is 18.2 Å². The van der Waals surface area contributed by atoms with Crippen LogP contribution in [0.2, 0.25) is 0 Å². The van der Waals surface area contributed by atoms with Crippen molar-refractivity contribution in [2.75, 3.05) is 30.2 Å². The normalized spacial score (nSPS) is 11.8. The molecule has 0 saturated carbocycles. The van der Waals surface area contributed by atoms with E-state index < -0.39 is 6.10 Å². The number of nitrogens with one attached hydrogen (secondary N) is 2. The summed E-state index contributed by atoms with van der Waals surface area (Å²) >= 11 is 5.50. The van der Waals surface area contributed by atoms with E-state index in [9.17, 15) is 9.90 Å². The number of alkyl halides is 1. The smallest absolute Gasteiger partial charge is 0.221 e. The van der Waals surface area contributed by atoms with Crippen LogP contribution < -0.4 is 15.4 Å². The fourth-order valence-corrected chi connectivity index (χ4v) is 1.50. The number of halogens is 1. The third kappa shape index (κ3) is 4.43. The first-order chi connectivity index (χ1) is 8.56. The van der Waals surface area contributed by atoms with Crippen LogP contribution >= 0.6 is 11.6 Å². The van der Waals surface area contributed by atoms with Gasteiger partial charge in [0.1, 0.15) is 5.75 Å². The van der Waals surface area contributed by atoms with Crippen molar-refractivity contribution in [2.24, 2.45) is 0 Å². The molecule has 1 rings (SSSR count). The van der Waals surface area contributed by atoms with E-state index in [4.69, 9.17) is 16.3 Å². The first-order valence-electron chi connectivity index (χ1n) is 5.50. The average Bonchev–Trinajstić information content (AvgIpc) is 2.35. The second kappa shape index (κ2) is 7.08. The summed E-state index contributed by atoms with van der Waals surface area (Å²) in [5, 5.41) is 15.0. The van der Waals surface area contributed by atoms with Crippen molar-refractivity contribution in [3.63, 3.8) is 0 Å². The summed E-state index contributed by atoms with van der Waals surface area (Å²) in [6.07, 6.45) is -0.613. The number of anilines is 2. The first kappa shape index (κ1) is 14.6. The minimum atomic E-state index is -0.613. The molecule has 0 radical (unpaired) electrons. The lowest BCUT2D eigenvalue weighted by molar-refractivity contribution is -0.114. The number of hydrogen-bond acceptors (Lipinski definition) is 4. The molecule has 0 aliphatic carbocycles. The van der Waals surface area contributed by atoms with Crippen molar-refractivity contribution >= 4 is 28.9 Å². The highest BCUT2D eigenvalue weighted by atomic mass is 35.5. The van der Waals surface area contributed by atoms with Gasteiger partial charge in [0.2, 0.25) is 5.91 Å². The number of carbonyl (C=O) groups is 1. The Morgan fingerprint density at radius 3 is 2.83 bits per heavy atom. The van der Waals surface area contributed by atoms with E-state index in [1.807, 2.05) is 0 Å². The molecule has 1 amide bonds. The summed E-state index contributed by atoms with van der Waals surface area (Å²) in [5.74, 6) is 0.571. The van der Waals surface area contributed by atoms with Gasteiger partial charge in [-0.25, -0.2) is 0 Å². The van der Waals surface area contributed by atoms with Crippen LogP contribution in [-0.2, 0) is 4.79 Å². The number of benzene rings is 1. The lowest BCUT2D eigenvalue weighted by atomic mass is 10.2. The molecule has 0 aliphatic rings. The Morgan fingerprint density at radius 1 is 1.56 bits per heavy atom. The zero-order valence-corrected chi connectivity index (χ0v) is 11.1. The van der Waals surface area contributed by atoms with Crippen LogP contribution in [0.5, 0.6) is 5.75 Å². The molecule has 6 heteroatoms. The van der Waals surface area contributed by atoms with Gasteiger partial charge < -0.3 is 20.5 Å². The van der Waals surface area contributed by atoms with E-state index in [1.165, 1.54) is 14.0 Å². The second-order valence-corrected chi connectivity index (χ2v) is 4.09. The lowest BCUT2D eigenvalue weighted by Gasteiger charge is -2.13. The number of amides is 1. The van der Waals surface area contributed by atoms with Crippen LogP contribution in [0.4, 0.5) is 11.4 Å². The Labute approximate surface area is 111 Å². The van der Waals surface area contributed by atoms with Crippen molar-refractivity contribution in [1.82, 2.24) is 0 Å². The number of carbonyl (C=O) groups excluding carboxylic acids is 1. The van der Waals surface area contributed by atoms with Gasteiger partial charge >= 0.3 is 0 Å². The number of ether oxygens (including phenoxy) is 1. The minimum Gasteiger partial charge on any atom is -0.495 e. The third-order valence-corrected chi connectivity index (χ3v) is 2.59. The van der Waals surface area contributed by atoms with Gasteiger partial charge in [-0.1, -0.05) is 0 Å². The van der Waals surface area contributed by atoms with Crippen molar-refractivity contribution in [2.45, 2.75) is 13.0 Å². The minimum absolute atomic E-state index is 0.168. The predicted octanol–water partition coefficient (Wildman–Crippen LogP) is 1.67. The van der Waals surface area contributed by atoms with Gasteiger partial charge in [0.25, 0.3) is 0 Å². The van der Waals surface area contributed by atoms with Crippen LogP contribution in [0.25, 0.3) is 0 Å². The highest BCUT2D eigenvalue weighted by Gasteiger charge is 2.07. The van der Waals surface area contributed by atoms with E-state index in [1.54, 1.807) is 18.2 Å². The summed E-state index contributed by atoms with van der Waals surface area (Å²) in [7, 11) is 1.53. The molecule has 1 atom stereocenters. The van der Waals surface area contributed by atoms with Crippen molar-refractivity contribution < 1.29 is 14.6 Å². The molecule has 1 aromatic carbocycles. The Balaban J connectivity index is 2.78. The van der Waals surface area contributed by atoms with Crippen LogP contribution in [0.3, 0.4) is 0 Å². The summed E-state index contributed by atoms with van der Waals surface area (Å²) in [4.78, 5) is 11.1. The highest BCUT2D eigenvalue weighted by molar-refractivity contribution is 6.18. The maximum Gasteiger partial charge on any atom is 0.221 e. The van der Waals surface area contributed by atoms with Crippen molar-refractivity contribution in [3.05, 3.63) is 18.2 Å². The standard InChI is InChI=1S/C12H17ClN2O3/c1-8(16)15-11-5-9(3-4-12(11)18-2)14-7-10(17)6-13/h3-5,10,14,17H,6-7H2,1-2H3,(H,15,16). The van der Waals surface area contributed by atoms with Crippen LogP contribution in [-0.4, -0.2) is 36.7 Å². The molecule has 0 saturated heterocycles. The quantitative estimate of drug-likeness (QED) is 0.689. The Bertz CT molecular complexity index is 412. The molecule has 1 aromatic rings. The Hall–Kier alpha value is -1.46. The summed E-state index contributed by atoms with van der Waals surface area (Å²) < 4.78 is 5.13. The molecular formula is C12H17ClN2O3. The number of aliphatic hydroxyl groups excluding tert-OH is 1. The summed E-state index contributed by atoms with van der Waals surface area (Å²) in [6.45, 7) is 1.77. The van der Waals surface area contributed by atoms with Gasteiger partial charge in [0.05, 0.1) is 24.8 Å². The molecular weight excluding hydrogens is 256 g/mol. The second-order valence-electron chi connectivity index (χ2n) is 3.79. The molecule has 1 unspecified atom stereocenters. The molecule has 5 nitrogen and oxygen atoms in total. The average molecular weight is 273 g/mol. The number of rotatable bonds is 6. The topological polar surface area (TPSA) is 70.6 Å². The maximum absolute atomic E-state index is 11.1. The zero-order valence-electron chi connectivity index (χ0n) is 10.4. The van der Waals surface area contributed by atoms with Gasteiger partial charge in [-0.05, 0) is 18.2 Å². The van der Waals surface area contributed by atoms with Gasteiger partial charge in [-0.2, -0.15) is 0 Å². The van der Waals surface area contributed by atoms with Gasteiger partial charge in [-0.15, -0.1) is 11.6 Å². The molecule has 0 bridgehead atoms. The number of aliphatic hydroxyl groups is 1. The summed E-state index contributed by atoms with van der Waals surface area (Å²) in [5.41, 5.74) is 1.35. The Morgan fingerprint density at radius 2 is 2.28 bits per heavy atom. The van der Waals surface area contributed by atoms with E-state index in [-0.39, 0.29) is 11.8 Å². The largest absolute Gasteiger partial charge is 0.495 e. The fraction of sp³-hybridized carbons (Fsp3) is 0.417. The predicted molar refractivity (Wildman–Crippen MR) is 72.5 cm³/mol. The first-order valence-corrected chi connectivity index (χ1v) is 6.03. The molecule has 100 valence electrons. The van der Waals surface area contributed by atoms with Gasteiger partial charge in [0.15, 0.2) is 0 Å².